The Balaban J connectivity index is 1.42. The van der Waals surface area contributed by atoms with Gasteiger partial charge in [0.1, 0.15) is 11.6 Å². The number of imidazole rings is 1. The van der Waals surface area contributed by atoms with Crippen LogP contribution < -0.4 is 10.1 Å². The third-order valence-electron chi connectivity index (χ3n) is 6.89. The standard InChI is InChI=1S/C30H31N3O4/c1-2-3-17-37-25-14-12-23(13-15-25)31-29(34)21-8-6-7-20(18-21)28-32-26-19-22(30(35)36)11-16-27(26)33(28)24-9-4-5-10-24/h6-8,11-16,18-19,24H,2-5,9-10,17H2,1H3,(H,31,34)(H,35,36). The molecule has 0 bridgehead atoms. The Kier molecular flexibility index (Phi) is 7.21. The Bertz CT molecular complexity index is 1420. The molecule has 1 aromatic heterocycles. The fourth-order valence-corrected chi connectivity index (χ4v) is 4.94. The first-order chi connectivity index (χ1) is 18.0. The van der Waals surface area contributed by atoms with Crippen LogP contribution in [-0.2, 0) is 0 Å². The number of carboxylic acid groups (broad SMARTS) is 1. The second-order valence-electron chi connectivity index (χ2n) is 9.51. The topological polar surface area (TPSA) is 93.4 Å². The van der Waals surface area contributed by atoms with Gasteiger partial charge in [0.25, 0.3) is 5.91 Å². The molecule has 7 heteroatoms. The fourth-order valence-electron chi connectivity index (χ4n) is 4.94. The zero-order valence-corrected chi connectivity index (χ0v) is 20.9. The van der Waals surface area contributed by atoms with Gasteiger partial charge in [-0.1, -0.05) is 38.3 Å². The smallest absolute Gasteiger partial charge is 0.335 e. The van der Waals surface area contributed by atoms with E-state index in [4.69, 9.17) is 9.72 Å². The first kappa shape index (κ1) is 24.6. The Hall–Kier alpha value is -4.13. The van der Waals surface area contributed by atoms with Gasteiger partial charge >= 0.3 is 5.97 Å². The van der Waals surface area contributed by atoms with Crippen molar-refractivity contribution in [2.24, 2.45) is 0 Å². The average molecular weight is 498 g/mol. The highest BCUT2D eigenvalue weighted by atomic mass is 16.5. The predicted octanol–water partition coefficient (Wildman–Crippen LogP) is 6.95. The highest BCUT2D eigenvalue weighted by molar-refractivity contribution is 6.05. The number of benzene rings is 3. The summed E-state index contributed by atoms with van der Waals surface area (Å²) in [4.78, 5) is 29.5. The minimum absolute atomic E-state index is 0.210. The molecule has 1 aliphatic rings. The molecule has 2 N–H and O–H groups in total. The van der Waals surface area contributed by atoms with E-state index >= 15 is 0 Å². The van der Waals surface area contributed by atoms with Gasteiger partial charge in [-0.2, -0.15) is 0 Å². The SMILES string of the molecule is CCCCOc1ccc(NC(=O)c2cccc(-c3nc4cc(C(=O)O)ccc4n3C3CCCC3)c2)cc1. The van der Waals surface area contributed by atoms with Gasteiger partial charge in [0.2, 0.25) is 0 Å². The molecular formula is C30H31N3O4. The molecule has 3 aromatic carbocycles. The number of carbonyl (C=O) groups excluding carboxylic acids is 1. The lowest BCUT2D eigenvalue weighted by Crippen LogP contribution is -2.12. The van der Waals surface area contributed by atoms with E-state index < -0.39 is 5.97 Å². The summed E-state index contributed by atoms with van der Waals surface area (Å²) in [5, 5.41) is 12.4. The van der Waals surface area contributed by atoms with Crippen molar-refractivity contribution in [1.29, 1.82) is 0 Å². The van der Waals surface area contributed by atoms with Crippen LogP contribution in [-0.4, -0.2) is 33.1 Å². The minimum Gasteiger partial charge on any atom is -0.494 e. The van der Waals surface area contributed by atoms with Crippen LogP contribution >= 0.6 is 0 Å². The summed E-state index contributed by atoms with van der Waals surface area (Å²) in [5.41, 5.74) is 3.83. The maximum absolute atomic E-state index is 13.1. The van der Waals surface area contributed by atoms with Gasteiger partial charge in [-0.15, -0.1) is 0 Å². The number of carbonyl (C=O) groups is 2. The Morgan fingerprint density at radius 1 is 1.03 bits per heavy atom. The summed E-state index contributed by atoms with van der Waals surface area (Å²) in [6.07, 6.45) is 6.50. The van der Waals surface area contributed by atoms with Crippen molar-refractivity contribution in [2.45, 2.75) is 51.5 Å². The molecule has 0 radical (unpaired) electrons. The van der Waals surface area contributed by atoms with Crippen LogP contribution in [0.3, 0.4) is 0 Å². The largest absolute Gasteiger partial charge is 0.494 e. The number of nitrogens with one attached hydrogen (secondary N) is 1. The van der Waals surface area contributed by atoms with E-state index in [1.165, 1.54) is 0 Å². The number of ether oxygens (including phenoxy) is 1. The minimum atomic E-state index is -0.974. The van der Waals surface area contributed by atoms with Crippen molar-refractivity contribution in [3.8, 4) is 17.1 Å². The van der Waals surface area contributed by atoms with Crippen LogP contribution in [0.5, 0.6) is 5.75 Å². The Morgan fingerprint density at radius 2 is 1.81 bits per heavy atom. The van der Waals surface area contributed by atoms with Gasteiger partial charge in [-0.05, 0) is 73.9 Å². The van der Waals surface area contributed by atoms with Crippen molar-refractivity contribution < 1.29 is 19.4 Å². The summed E-state index contributed by atoms with van der Waals surface area (Å²) in [5.74, 6) is 0.356. The fraction of sp³-hybridized carbons (Fsp3) is 0.300. The van der Waals surface area contributed by atoms with Gasteiger partial charge < -0.3 is 19.7 Å². The highest BCUT2D eigenvalue weighted by Gasteiger charge is 2.24. The highest BCUT2D eigenvalue weighted by Crippen LogP contribution is 2.37. The van der Waals surface area contributed by atoms with Gasteiger partial charge in [0, 0.05) is 22.9 Å². The van der Waals surface area contributed by atoms with E-state index in [9.17, 15) is 14.7 Å². The summed E-state index contributed by atoms with van der Waals surface area (Å²) < 4.78 is 7.92. The third-order valence-corrected chi connectivity index (χ3v) is 6.89. The summed E-state index contributed by atoms with van der Waals surface area (Å²) in [6.45, 7) is 2.80. The molecule has 1 amide bonds. The molecule has 0 aliphatic heterocycles. The van der Waals surface area contributed by atoms with E-state index in [0.29, 0.717) is 29.4 Å². The number of rotatable bonds is 9. The number of fused-ring (bicyclic) bond motifs is 1. The van der Waals surface area contributed by atoms with Crippen LogP contribution in [0.25, 0.3) is 22.4 Å². The number of anilines is 1. The van der Waals surface area contributed by atoms with E-state index in [0.717, 1.165) is 61.2 Å². The number of hydrogen-bond acceptors (Lipinski definition) is 4. The predicted molar refractivity (Wildman–Crippen MR) is 144 cm³/mol. The lowest BCUT2D eigenvalue weighted by atomic mass is 10.1. The number of aromatic carboxylic acids is 1. The maximum atomic E-state index is 13.1. The quantitative estimate of drug-likeness (QED) is 0.244. The molecule has 7 nitrogen and oxygen atoms in total. The molecule has 37 heavy (non-hydrogen) atoms. The molecule has 1 aliphatic carbocycles. The zero-order chi connectivity index (χ0) is 25.8. The normalized spacial score (nSPS) is 13.6. The Morgan fingerprint density at radius 3 is 2.54 bits per heavy atom. The molecular weight excluding hydrogens is 466 g/mol. The van der Waals surface area contributed by atoms with Crippen LogP contribution in [0.15, 0.2) is 66.7 Å². The number of carboxylic acids is 1. The lowest BCUT2D eigenvalue weighted by Gasteiger charge is -2.17. The van der Waals surface area contributed by atoms with Gasteiger partial charge in [-0.3, -0.25) is 4.79 Å². The Labute approximate surface area is 216 Å². The number of aromatic nitrogens is 2. The molecule has 0 spiro atoms. The molecule has 5 rings (SSSR count). The molecule has 1 fully saturated rings. The van der Waals surface area contributed by atoms with E-state index in [-0.39, 0.29) is 11.5 Å². The van der Waals surface area contributed by atoms with E-state index in [1.807, 2.05) is 48.5 Å². The zero-order valence-electron chi connectivity index (χ0n) is 20.9. The number of unbranched alkanes of at least 4 members (excludes halogenated alkanes) is 1. The van der Waals surface area contributed by atoms with Crippen molar-refractivity contribution in [3.63, 3.8) is 0 Å². The van der Waals surface area contributed by atoms with Gasteiger partial charge in [-0.25, -0.2) is 9.78 Å². The van der Waals surface area contributed by atoms with Crippen LogP contribution in [0, 0.1) is 0 Å². The molecule has 190 valence electrons. The number of nitrogens with zero attached hydrogens (tertiary/aromatic N) is 2. The summed E-state index contributed by atoms with van der Waals surface area (Å²) >= 11 is 0. The van der Waals surface area contributed by atoms with Crippen molar-refractivity contribution in [1.82, 2.24) is 9.55 Å². The monoisotopic (exact) mass is 497 g/mol. The van der Waals surface area contributed by atoms with E-state index in [2.05, 4.69) is 16.8 Å². The molecule has 0 saturated heterocycles. The molecule has 4 aromatic rings. The average Bonchev–Trinajstić information content (AvgIpc) is 3.57. The van der Waals surface area contributed by atoms with Crippen molar-refractivity contribution in [3.05, 3.63) is 77.9 Å². The second-order valence-corrected chi connectivity index (χ2v) is 9.51. The second kappa shape index (κ2) is 10.9. The van der Waals surface area contributed by atoms with Crippen molar-refractivity contribution in [2.75, 3.05) is 11.9 Å². The molecule has 0 atom stereocenters. The van der Waals surface area contributed by atoms with Gasteiger partial charge in [0.05, 0.1) is 23.2 Å². The first-order valence-electron chi connectivity index (χ1n) is 12.9. The number of hydrogen-bond donors (Lipinski definition) is 2. The van der Waals surface area contributed by atoms with Crippen LogP contribution in [0.2, 0.25) is 0 Å². The summed E-state index contributed by atoms with van der Waals surface area (Å²) in [6, 6.07) is 20.2. The number of amides is 1. The van der Waals surface area contributed by atoms with E-state index in [1.54, 1.807) is 18.2 Å². The van der Waals surface area contributed by atoms with Crippen molar-refractivity contribution >= 4 is 28.6 Å². The third kappa shape index (κ3) is 5.35. The molecule has 1 heterocycles. The molecule has 1 saturated carbocycles. The van der Waals surface area contributed by atoms with Crippen LogP contribution in [0.4, 0.5) is 5.69 Å². The lowest BCUT2D eigenvalue weighted by molar-refractivity contribution is 0.0696. The van der Waals surface area contributed by atoms with Gasteiger partial charge in [0.15, 0.2) is 0 Å². The van der Waals surface area contributed by atoms with Crippen LogP contribution in [0.1, 0.15) is 72.2 Å². The summed E-state index contributed by atoms with van der Waals surface area (Å²) in [7, 11) is 0. The molecule has 0 unspecified atom stereocenters. The first-order valence-corrected chi connectivity index (χ1v) is 12.9. The maximum Gasteiger partial charge on any atom is 0.335 e.